The summed E-state index contributed by atoms with van der Waals surface area (Å²) in [7, 11) is 0. The molecular weight excluding hydrogens is 190 g/mol. The summed E-state index contributed by atoms with van der Waals surface area (Å²) in [5.74, 6) is -0.0368. The van der Waals surface area contributed by atoms with Crippen molar-refractivity contribution in [2.24, 2.45) is 5.73 Å². The van der Waals surface area contributed by atoms with E-state index in [0.29, 0.717) is 32.4 Å². The van der Waals surface area contributed by atoms with Crippen molar-refractivity contribution >= 4 is 5.91 Å². The van der Waals surface area contributed by atoms with E-state index in [-0.39, 0.29) is 5.91 Å². The molecule has 0 bridgehead atoms. The zero-order valence-corrected chi connectivity index (χ0v) is 9.92. The minimum absolute atomic E-state index is 0.0368. The van der Waals surface area contributed by atoms with E-state index in [1.54, 1.807) is 4.90 Å². The quantitative estimate of drug-likeness (QED) is 0.719. The SMILES string of the molecule is CCN(CCC#N)C(=O)C(N)(CC)CC. The molecule has 0 saturated carbocycles. The van der Waals surface area contributed by atoms with Crippen LogP contribution in [0.1, 0.15) is 40.0 Å². The van der Waals surface area contributed by atoms with Gasteiger partial charge in [0.05, 0.1) is 18.0 Å². The molecule has 0 unspecified atom stereocenters. The van der Waals surface area contributed by atoms with Crippen molar-refractivity contribution < 1.29 is 4.79 Å². The first-order valence-corrected chi connectivity index (χ1v) is 5.50. The minimum atomic E-state index is -0.758. The summed E-state index contributed by atoms with van der Waals surface area (Å²) in [6.45, 7) is 6.82. The summed E-state index contributed by atoms with van der Waals surface area (Å²) in [5, 5.41) is 8.49. The van der Waals surface area contributed by atoms with Crippen molar-refractivity contribution in [3.63, 3.8) is 0 Å². The highest BCUT2D eigenvalue weighted by Gasteiger charge is 2.33. The van der Waals surface area contributed by atoms with E-state index in [1.807, 2.05) is 26.8 Å². The highest BCUT2D eigenvalue weighted by molar-refractivity contribution is 5.86. The van der Waals surface area contributed by atoms with Gasteiger partial charge in [-0.3, -0.25) is 4.79 Å². The van der Waals surface area contributed by atoms with Gasteiger partial charge in [-0.25, -0.2) is 0 Å². The molecule has 0 aromatic heterocycles. The smallest absolute Gasteiger partial charge is 0.242 e. The zero-order valence-electron chi connectivity index (χ0n) is 9.92. The van der Waals surface area contributed by atoms with Gasteiger partial charge in [0.1, 0.15) is 0 Å². The van der Waals surface area contributed by atoms with E-state index in [0.717, 1.165) is 0 Å². The summed E-state index contributed by atoms with van der Waals surface area (Å²) < 4.78 is 0. The molecule has 2 N–H and O–H groups in total. The largest absolute Gasteiger partial charge is 0.340 e. The Hall–Kier alpha value is -1.08. The number of nitrogens with zero attached hydrogens (tertiary/aromatic N) is 2. The van der Waals surface area contributed by atoms with E-state index in [9.17, 15) is 4.79 Å². The molecule has 0 atom stereocenters. The number of nitriles is 1. The number of carbonyl (C=O) groups is 1. The molecule has 0 radical (unpaired) electrons. The molecule has 15 heavy (non-hydrogen) atoms. The molecular formula is C11H21N3O. The first-order valence-electron chi connectivity index (χ1n) is 5.50. The van der Waals surface area contributed by atoms with Crippen LogP contribution in [-0.2, 0) is 4.79 Å². The normalized spacial score (nSPS) is 10.9. The number of nitrogens with two attached hydrogens (primary N) is 1. The van der Waals surface area contributed by atoms with Crippen molar-refractivity contribution in [2.75, 3.05) is 13.1 Å². The first kappa shape index (κ1) is 13.9. The van der Waals surface area contributed by atoms with Gasteiger partial charge in [-0.2, -0.15) is 5.26 Å². The van der Waals surface area contributed by atoms with Crippen LogP contribution < -0.4 is 5.73 Å². The summed E-state index contributed by atoms with van der Waals surface area (Å²) in [5.41, 5.74) is 5.26. The van der Waals surface area contributed by atoms with Crippen molar-refractivity contribution in [2.45, 2.75) is 45.6 Å². The molecule has 0 aromatic carbocycles. The van der Waals surface area contributed by atoms with Crippen LogP contribution in [0.5, 0.6) is 0 Å². The van der Waals surface area contributed by atoms with E-state index < -0.39 is 5.54 Å². The third-order valence-electron chi connectivity index (χ3n) is 2.85. The van der Waals surface area contributed by atoms with Crippen LogP contribution >= 0.6 is 0 Å². The van der Waals surface area contributed by atoms with E-state index in [2.05, 4.69) is 0 Å². The second kappa shape index (κ2) is 6.41. The minimum Gasteiger partial charge on any atom is -0.340 e. The number of hydrogen-bond donors (Lipinski definition) is 1. The molecule has 0 spiro atoms. The molecule has 0 fully saturated rings. The Bertz CT molecular complexity index is 241. The van der Waals surface area contributed by atoms with Crippen LogP contribution in [0.4, 0.5) is 0 Å². The number of carbonyl (C=O) groups excluding carboxylic acids is 1. The Balaban J connectivity index is 4.56. The lowest BCUT2D eigenvalue weighted by atomic mass is 9.92. The van der Waals surface area contributed by atoms with Crippen molar-refractivity contribution in [3.05, 3.63) is 0 Å². The Morgan fingerprint density at radius 2 is 1.93 bits per heavy atom. The lowest BCUT2D eigenvalue weighted by Gasteiger charge is -2.32. The van der Waals surface area contributed by atoms with E-state index in [1.165, 1.54) is 0 Å². The predicted octanol–water partition coefficient (Wildman–Crippen LogP) is 1.27. The molecule has 0 saturated heterocycles. The van der Waals surface area contributed by atoms with Crippen LogP contribution in [0.25, 0.3) is 0 Å². The summed E-state index contributed by atoms with van der Waals surface area (Å²) in [6, 6.07) is 2.04. The Kier molecular flexibility index (Phi) is 5.95. The van der Waals surface area contributed by atoms with Crippen molar-refractivity contribution in [1.29, 1.82) is 5.26 Å². The molecule has 0 rings (SSSR count). The topological polar surface area (TPSA) is 70.1 Å². The van der Waals surface area contributed by atoms with Crippen molar-refractivity contribution in [1.82, 2.24) is 4.90 Å². The van der Waals surface area contributed by atoms with E-state index in [4.69, 9.17) is 11.0 Å². The van der Waals surface area contributed by atoms with Gasteiger partial charge < -0.3 is 10.6 Å². The van der Waals surface area contributed by atoms with Gasteiger partial charge in [-0.05, 0) is 19.8 Å². The van der Waals surface area contributed by atoms with Crippen LogP contribution in [-0.4, -0.2) is 29.4 Å². The molecule has 4 heteroatoms. The Labute approximate surface area is 92.0 Å². The van der Waals surface area contributed by atoms with Gasteiger partial charge in [0, 0.05) is 13.1 Å². The van der Waals surface area contributed by atoms with Crippen LogP contribution in [0.2, 0.25) is 0 Å². The maximum Gasteiger partial charge on any atom is 0.242 e. The summed E-state index contributed by atoms with van der Waals surface area (Å²) in [6.07, 6.45) is 1.62. The number of likely N-dealkylation sites (N-methyl/N-ethyl adjacent to an activating group) is 1. The fourth-order valence-electron chi connectivity index (χ4n) is 1.46. The lowest BCUT2D eigenvalue weighted by molar-refractivity contribution is -0.137. The molecule has 86 valence electrons. The van der Waals surface area contributed by atoms with E-state index >= 15 is 0 Å². The lowest BCUT2D eigenvalue weighted by Crippen LogP contribution is -2.54. The zero-order chi connectivity index (χ0) is 11.9. The number of hydrogen-bond acceptors (Lipinski definition) is 3. The molecule has 0 aliphatic carbocycles. The van der Waals surface area contributed by atoms with Gasteiger partial charge in [0.15, 0.2) is 0 Å². The second-order valence-electron chi connectivity index (χ2n) is 3.66. The molecule has 1 amide bonds. The van der Waals surface area contributed by atoms with Crippen LogP contribution in [0.3, 0.4) is 0 Å². The average molecular weight is 211 g/mol. The maximum absolute atomic E-state index is 12.1. The molecule has 4 nitrogen and oxygen atoms in total. The standard InChI is InChI=1S/C11H21N3O/c1-4-11(13,5-2)10(15)14(6-3)9-7-8-12/h4-7,9,13H2,1-3H3. The second-order valence-corrected chi connectivity index (χ2v) is 3.66. The highest BCUT2D eigenvalue weighted by Crippen LogP contribution is 2.15. The molecule has 0 heterocycles. The highest BCUT2D eigenvalue weighted by atomic mass is 16.2. The molecule has 0 aliphatic rings. The Morgan fingerprint density at radius 3 is 2.27 bits per heavy atom. The monoisotopic (exact) mass is 211 g/mol. The average Bonchev–Trinajstić information content (AvgIpc) is 2.28. The van der Waals surface area contributed by atoms with Crippen LogP contribution in [0, 0.1) is 11.3 Å². The number of rotatable bonds is 6. The van der Waals surface area contributed by atoms with Gasteiger partial charge in [0.2, 0.25) is 5.91 Å². The fourth-order valence-corrected chi connectivity index (χ4v) is 1.46. The van der Waals surface area contributed by atoms with Crippen molar-refractivity contribution in [3.8, 4) is 6.07 Å². The third-order valence-corrected chi connectivity index (χ3v) is 2.85. The first-order chi connectivity index (χ1) is 7.05. The summed E-state index contributed by atoms with van der Waals surface area (Å²) >= 11 is 0. The fraction of sp³-hybridized carbons (Fsp3) is 0.818. The van der Waals surface area contributed by atoms with Gasteiger partial charge in [0.25, 0.3) is 0 Å². The Morgan fingerprint density at radius 1 is 1.40 bits per heavy atom. The van der Waals surface area contributed by atoms with Crippen LogP contribution in [0.15, 0.2) is 0 Å². The predicted molar refractivity (Wildman–Crippen MR) is 60.0 cm³/mol. The maximum atomic E-state index is 12.1. The third kappa shape index (κ3) is 3.52. The summed E-state index contributed by atoms with van der Waals surface area (Å²) in [4.78, 5) is 13.7. The molecule has 0 aliphatic heterocycles. The van der Waals surface area contributed by atoms with Gasteiger partial charge >= 0.3 is 0 Å². The van der Waals surface area contributed by atoms with Gasteiger partial charge in [-0.15, -0.1) is 0 Å². The molecule has 0 aromatic rings. The van der Waals surface area contributed by atoms with Gasteiger partial charge in [-0.1, -0.05) is 13.8 Å². The number of amides is 1.